The van der Waals surface area contributed by atoms with Gasteiger partial charge in [-0.1, -0.05) is 55.8 Å². The average molecular weight is 274 g/mol. The second kappa shape index (κ2) is 6.63. The molecule has 0 radical (unpaired) electrons. The number of rotatable bonds is 5. The molecule has 1 unspecified atom stereocenters. The molecule has 0 saturated carbocycles. The molecule has 1 atom stereocenters. The summed E-state index contributed by atoms with van der Waals surface area (Å²) in [5.41, 5.74) is 3.81. The van der Waals surface area contributed by atoms with Gasteiger partial charge in [-0.3, -0.25) is 0 Å². The van der Waals surface area contributed by atoms with Gasteiger partial charge >= 0.3 is 0 Å². The fraction of sp³-hybridized carbons (Fsp3) is 0.294. The zero-order valence-corrected chi connectivity index (χ0v) is 12.2. The Hall–Kier alpha value is -1.47. The Balaban J connectivity index is 2.24. The normalized spacial score (nSPS) is 12.2. The first kappa shape index (κ1) is 14.0. The smallest absolute Gasteiger partial charge is 0.0511 e. The van der Waals surface area contributed by atoms with Gasteiger partial charge in [-0.2, -0.15) is 0 Å². The molecule has 2 rings (SSSR count). The molecule has 0 spiro atoms. The lowest BCUT2D eigenvalue weighted by atomic mass is 10.0. The van der Waals surface area contributed by atoms with E-state index in [0.29, 0.717) is 6.04 Å². The highest BCUT2D eigenvalue weighted by molar-refractivity contribution is 6.30. The number of halogens is 1. The van der Waals surface area contributed by atoms with Crippen molar-refractivity contribution in [1.82, 2.24) is 0 Å². The first-order valence-corrected chi connectivity index (χ1v) is 7.22. The molecule has 100 valence electrons. The van der Waals surface area contributed by atoms with Crippen LogP contribution in [0, 0.1) is 0 Å². The van der Waals surface area contributed by atoms with Crippen LogP contribution < -0.4 is 5.32 Å². The van der Waals surface area contributed by atoms with Crippen LogP contribution in [0.15, 0.2) is 48.5 Å². The number of anilines is 1. The molecule has 0 aromatic heterocycles. The van der Waals surface area contributed by atoms with Gasteiger partial charge in [-0.05, 0) is 42.2 Å². The topological polar surface area (TPSA) is 12.0 Å². The quantitative estimate of drug-likeness (QED) is 0.762. The number of hydrogen-bond donors (Lipinski definition) is 1. The zero-order valence-electron chi connectivity index (χ0n) is 11.5. The minimum absolute atomic E-state index is 0.298. The van der Waals surface area contributed by atoms with Gasteiger partial charge in [-0.25, -0.2) is 0 Å². The number of benzene rings is 2. The van der Waals surface area contributed by atoms with Crippen LogP contribution in [0.4, 0.5) is 5.69 Å². The minimum atomic E-state index is 0.298. The van der Waals surface area contributed by atoms with Gasteiger partial charge in [-0.15, -0.1) is 0 Å². The van der Waals surface area contributed by atoms with E-state index < -0.39 is 0 Å². The molecule has 0 aliphatic carbocycles. The maximum Gasteiger partial charge on any atom is 0.0511 e. The summed E-state index contributed by atoms with van der Waals surface area (Å²) >= 11 is 6.08. The van der Waals surface area contributed by atoms with Crippen LogP contribution in [-0.4, -0.2) is 0 Å². The average Bonchev–Trinajstić information content (AvgIpc) is 2.45. The van der Waals surface area contributed by atoms with Gasteiger partial charge in [0.2, 0.25) is 0 Å². The molecule has 2 aromatic carbocycles. The van der Waals surface area contributed by atoms with E-state index in [0.717, 1.165) is 17.9 Å². The molecule has 1 N–H and O–H groups in total. The molecule has 0 amide bonds. The fourth-order valence-corrected chi connectivity index (χ4v) is 2.50. The Labute approximate surface area is 120 Å². The fourth-order valence-electron chi connectivity index (χ4n) is 2.30. The van der Waals surface area contributed by atoms with Crippen molar-refractivity contribution in [2.24, 2.45) is 0 Å². The van der Waals surface area contributed by atoms with E-state index in [4.69, 9.17) is 11.6 Å². The standard InChI is InChI=1S/C17H20ClN/c1-3-13-8-5-6-11-17(13)19-16(4-2)14-9-7-10-15(18)12-14/h5-12,16,19H,3-4H2,1-2H3. The number of hydrogen-bond acceptors (Lipinski definition) is 1. The largest absolute Gasteiger partial charge is 0.378 e. The van der Waals surface area contributed by atoms with Gasteiger partial charge in [0.25, 0.3) is 0 Å². The maximum absolute atomic E-state index is 6.08. The second-order valence-corrected chi connectivity index (χ2v) is 5.11. The predicted molar refractivity (Wildman–Crippen MR) is 83.9 cm³/mol. The second-order valence-electron chi connectivity index (χ2n) is 4.67. The SMILES string of the molecule is CCc1ccccc1NC(CC)c1cccc(Cl)c1. The summed E-state index contributed by atoms with van der Waals surface area (Å²) in [5.74, 6) is 0. The summed E-state index contributed by atoms with van der Waals surface area (Å²) in [7, 11) is 0. The number of para-hydroxylation sites is 1. The Morgan fingerprint density at radius 3 is 2.53 bits per heavy atom. The molecule has 0 bridgehead atoms. The highest BCUT2D eigenvalue weighted by Crippen LogP contribution is 2.26. The number of aryl methyl sites for hydroxylation is 1. The Morgan fingerprint density at radius 2 is 1.84 bits per heavy atom. The van der Waals surface area contributed by atoms with E-state index in [1.54, 1.807) is 0 Å². The van der Waals surface area contributed by atoms with Crippen LogP contribution in [0.2, 0.25) is 5.02 Å². The third-order valence-corrected chi connectivity index (χ3v) is 3.62. The summed E-state index contributed by atoms with van der Waals surface area (Å²) in [5, 5.41) is 4.43. The first-order valence-electron chi connectivity index (χ1n) is 6.84. The first-order chi connectivity index (χ1) is 9.24. The molecule has 2 heteroatoms. The van der Waals surface area contributed by atoms with Gasteiger partial charge in [0.05, 0.1) is 6.04 Å². The van der Waals surface area contributed by atoms with E-state index in [9.17, 15) is 0 Å². The highest BCUT2D eigenvalue weighted by Gasteiger charge is 2.10. The summed E-state index contributed by atoms with van der Waals surface area (Å²) in [6, 6.07) is 16.9. The third kappa shape index (κ3) is 3.51. The van der Waals surface area contributed by atoms with E-state index in [1.807, 2.05) is 18.2 Å². The molecule has 0 fully saturated rings. The lowest BCUT2D eigenvalue weighted by molar-refractivity contribution is 0.747. The Kier molecular flexibility index (Phi) is 4.86. The van der Waals surface area contributed by atoms with Gasteiger partial charge in [0, 0.05) is 10.7 Å². The van der Waals surface area contributed by atoms with Crippen molar-refractivity contribution >= 4 is 17.3 Å². The van der Waals surface area contributed by atoms with Crippen molar-refractivity contribution in [2.75, 3.05) is 5.32 Å². The van der Waals surface area contributed by atoms with Crippen molar-refractivity contribution < 1.29 is 0 Å². The molecule has 0 heterocycles. The molecule has 1 nitrogen and oxygen atoms in total. The zero-order chi connectivity index (χ0) is 13.7. The molecule has 0 saturated heterocycles. The highest BCUT2D eigenvalue weighted by atomic mass is 35.5. The Morgan fingerprint density at radius 1 is 1.05 bits per heavy atom. The van der Waals surface area contributed by atoms with Crippen LogP contribution >= 0.6 is 11.6 Å². The van der Waals surface area contributed by atoms with Crippen LogP contribution in [0.25, 0.3) is 0 Å². The summed E-state index contributed by atoms with van der Waals surface area (Å²) in [6.45, 7) is 4.37. The molecule has 2 aromatic rings. The van der Waals surface area contributed by atoms with E-state index >= 15 is 0 Å². The van der Waals surface area contributed by atoms with Crippen LogP contribution in [-0.2, 0) is 6.42 Å². The van der Waals surface area contributed by atoms with Crippen LogP contribution in [0.3, 0.4) is 0 Å². The molecule has 0 aliphatic rings. The molecular formula is C17H20ClN. The predicted octanol–water partition coefficient (Wildman–Crippen LogP) is 5.47. The minimum Gasteiger partial charge on any atom is -0.378 e. The summed E-state index contributed by atoms with van der Waals surface area (Å²) in [6.07, 6.45) is 2.06. The van der Waals surface area contributed by atoms with Crippen molar-refractivity contribution in [3.8, 4) is 0 Å². The molecule has 0 aliphatic heterocycles. The maximum atomic E-state index is 6.08. The van der Waals surface area contributed by atoms with Gasteiger partial charge in [0.15, 0.2) is 0 Å². The van der Waals surface area contributed by atoms with Crippen molar-refractivity contribution in [3.05, 3.63) is 64.7 Å². The van der Waals surface area contributed by atoms with Gasteiger partial charge in [0.1, 0.15) is 0 Å². The van der Waals surface area contributed by atoms with Crippen LogP contribution in [0.1, 0.15) is 37.4 Å². The van der Waals surface area contributed by atoms with E-state index in [2.05, 4.69) is 49.5 Å². The lowest BCUT2D eigenvalue weighted by Crippen LogP contribution is -2.11. The summed E-state index contributed by atoms with van der Waals surface area (Å²) in [4.78, 5) is 0. The van der Waals surface area contributed by atoms with Crippen molar-refractivity contribution in [1.29, 1.82) is 0 Å². The third-order valence-electron chi connectivity index (χ3n) is 3.39. The summed E-state index contributed by atoms with van der Waals surface area (Å²) < 4.78 is 0. The lowest BCUT2D eigenvalue weighted by Gasteiger charge is -2.21. The van der Waals surface area contributed by atoms with E-state index in [-0.39, 0.29) is 0 Å². The van der Waals surface area contributed by atoms with Crippen LogP contribution in [0.5, 0.6) is 0 Å². The molecule has 19 heavy (non-hydrogen) atoms. The van der Waals surface area contributed by atoms with Crippen molar-refractivity contribution in [2.45, 2.75) is 32.7 Å². The van der Waals surface area contributed by atoms with Gasteiger partial charge < -0.3 is 5.32 Å². The monoisotopic (exact) mass is 273 g/mol. The number of nitrogens with one attached hydrogen (secondary N) is 1. The molecular weight excluding hydrogens is 254 g/mol. The van der Waals surface area contributed by atoms with E-state index in [1.165, 1.54) is 16.8 Å². The Bertz CT molecular complexity index is 536. The van der Waals surface area contributed by atoms with Crippen molar-refractivity contribution in [3.63, 3.8) is 0 Å².